The highest BCUT2D eigenvalue weighted by Gasteiger charge is 2.31. The van der Waals surface area contributed by atoms with Crippen LogP contribution in [0.4, 0.5) is 0 Å². The molecule has 4 rings (SSSR count). The second kappa shape index (κ2) is 7.48. The van der Waals surface area contributed by atoms with Gasteiger partial charge in [0.2, 0.25) is 10.0 Å². The first-order chi connectivity index (χ1) is 13.4. The summed E-state index contributed by atoms with van der Waals surface area (Å²) in [7, 11) is -3.58. The molecule has 28 heavy (non-hydrogen) atoms. The molecule has 0 amide bonds. The fraction of sp³-hybridized carbons (Fsp3) is 0.333. The molecule has 1 aliphatic rings. The van der Waals surface area contributed by atoms with E-state index in [1.54, 1.807) is 12.1 Å². The molecule has 1 aliphatic heterocycles. The van der Waals surface area contributed by atoms with E-state index in [4.69, 9.17) is 4.74 Å². The van der Waals surface area contributed by atoms with E-state index in [-0.39, 0.29) is 6.10 Å². The lowest BCUT2D eigenvalue weighted by Gasteiger charge is -2.31. The molecule has 1 fully saturated rings. The molecular formula is C21H23N3O3S. The Morgan fingerprint density at radius 3 is 2.46 bits per heavy atom. The first-order valence-corrected chi connectivity index (χ1v) is 10.8. The van der Waals surface area contributed by atoms with Gasteiger partial charge in [0.15, 0.2) is 0 Å². The number of hydrogen-bond acceptors (Lipinski definition) is 5. The van der Waals surface area contributed by atoms with E-state index >= 15 is 0 Å². The summed E-state index contributed by atoms with van der Waals surface area (Å²) in [5.41, 5.74) is 1.66. The summed E-state index contributed by atoms with van der Waals surface area (Å²) in [6.07, 6.45) is 1.26. The summed E-state index contributed by atoms with van der Waals surface area (Å²) >= 11 is 0. The molecule has 0 N–H and O–H groups in total. The number of ether oxygens (including phenoxy) is 1. The summed E-state index contributed by atoms with van der Waals surface area (Å²) in [5.74, 6) is 0. The molecule has 2 aromatic carbocycles. The van der Waals surface area contributed by atoms with Crippen molar-refractivity contribution in [2.24, 2.45) is 0 Å². The summed E-state index contributed by atoms with van der Waals surface area (Å²) in [4.78, 5) is 8.93. The maximum Gasteiger partial charge on any atom is 0.317 e. The number of sulfonamides is 1. The van der Waals surface area contributed by atoms with E-state index in [1.807, 2.05) is 50.2 Å². The predicted octanol–water partition coefficient (Wildman–Crippen LogP) is 3.48. The van der Waals surface area contributed by atoms with Crippen molar-refractivity contribution < 1.29 is 13.2 Å². The van der Waals surface area contributed by atoms with Crippen LogP contribution in [0.5, 0.6) is 6.01 Å². The van der Waals surface area contributed by atoms with E-state index in [2.05, 4.69) is 9.97 Å². The number of piperidine rings is 1. The normalized spacial score (nSPS) is 18.3. The van der Waals surface area contributed by atoms with Crippen LogP contribution in [0.1, 0.15) is 24.2 Å². The van der Waals surface area contributed by atoms with Gasteiger partial charge in [0, 0.05) is 17.9 Å². The largest absolute Gasteiger partial charge is 0.459 e. The maximum absolute atomic E-state index is 13.2. The Morgan fingerprint density at radius 2 is 1.71 bits per heavy atom. The lowest BCUT2D eigenvalue weighted by molar-refractivity contribution is 0.119. The highest BCUT2D eigenvalue weighted by molar-refractivity contribution is 7.89. The Bertz CT molecular complexity index is 1090. The summed E-state index contributed by atoms with van der Waals surface area (Å²) in [5, 5.41) is 1.94. The van der Waals surface area contributed by atoms with Gasteiger partial charge in [0.05, 0.1) is 11.4 Å². The van der Waals surface area contributed by atoms with Crippen LogP contribution in [0.3, 0.4) is 0 Å². The van der Waals surface area contributed by atoms with Gasteiger partial charge in [-0.25, -0.2) is 18.4 Å². The lowest BCUT2D eigenvalue weighted by Crippen LogP contribution is -2.44. The van der Waals surface area contributed by atoms with Crippen LogP contribution in [-0.2, 0) is 10.0 Å². The van der Waals surface area contributed by atoms with Crippen molar-refractivity contribution in [3.63, 3.8) is 0 Å². The molecule has 1 aromatic heterocycles. The fourth-order valence-corrected chi connectivity index (χ4v) is 5.14. The van der Waals surface area contributed by atoms with E-state index in [0.717, 1.165) is 35.0 Å². The molecule has 7 heteroatoms. The number of nitrogens with zero attached hydrogens (tertiary/aromatic N) is 3. The van der Waals surface area contributed by atoms with Crippen LogP contribution in [0.2, 0.25) is 0 Å². The fourth-order valence-electron chi connectivity index (χ4n) is 3.59. The molecule has 0 saturated carbocycles. The first-order valence-electron chi connectivity index (χ1n) is 9.40. The Hall–Kier alpha value is -2.51. The summed E-state index contributed by atoms with van der Waals surface area (Å²) in [6, 6.07) is 15.2. The zero-order valence-electron chi connectivity index (χ0n) is 16.0. The predicted molar refractivity (Wildman–Crippen MR) is 108 cm³/mol. The molecular weight excluding hydrogens is 374 g/mol. The van der Waals surface area contributed by atoms with Gasteiger partial charge in [-0.2, -0.15) is 4.31 Å². The third-order valence-corrected chi connectivity index (χ3v) is 6.79. The molecule has 0 spiro atoms. The summed E-state index contributed by atoms with van der Waals surface area (Å²) < 4.78 is 33.8. The zero-order valence-corrected chi connectivity index (χ0v) is 16.8. The molecule has 2 heterocycles. The SMILES string of the molecule is Cc1cc(C)nc(OC2CCCN(S(=O)(=O)c3ccc4ccccc4c3)C2)n1. The molecule has 3 aromatic rings. The number of benzene rings is 2. The highest BCUT2D eigenvalue weighted by atomic mass is 32.2. The molecule has 0 bridgehead atoms. The Morgan fingerprint density at radius 1 is 1.00 bits per heavy atom. The van der Waals surface area contributed by atoms with Crippen molar-refractivity contribution >= 4 is 20.8 Å². The van der Waals surface area contributed by atoms with Gasteiger partial charge in [-0.05, 0) is 55.7 Å². The van der Waals surface area contributed by atoms with Gasteiger partial charge < -0.3 is 4.74 Å². The van der Waals surface area contributed by atoms with Crippen molar-refractivity contribution in [2.75, 3.05) is 13.1 Å². The molecule has 1 unspecified atom stereocenters. The van der Waals surface area contributed by atoms with Crippen LogP contribution in [-0.4, -0.2) is 41.9 Å². The number of fused-ring (bicyclic) bond motifs is 1. The first kappa shape index (κ1) is 18.8. The number of hydrogen-bond donors (Lipinski definition) is 0. The minimum atomic E-state index is -3.58. The van der Waals surface area contributed by atoms with Crippen LogP contribution >= 0.6 is 0 Å². The zero-order chi connectivity index (χ0) is 19.7. The monoisotopic (exact) mass is 397 g/mol. The maximum atomic E-state index is 13.2. The van der Waals surface area contributed by atoms with Crippen LogP contribution in [0.15, 0.2) is 53.4 Å². The average Bonchev–Trinajstić information content (AvgIpc) is 2.67. The third kappa shape index (κ3) is 3.86. The van der Waals surface area contributed by atoms with Crippen molar-refractivity contribution in [3.8, 4) is 6.01 Å². The van der Waals surface area contributed by atoms with Crippen LogP contribution < -0.4 is 4.74 Å². The number of aryl methyl sites for hydroxylation is 2. The summed E-state index contributed by atoms with van der Waals surface area (Å²) in [6.45, 7) is 4.56. The van der Waals surface area contributed by atoms with E-state index in [9.17, 15) is 8.42 Å². The van der Waals surface area contributed by atoms with Crippen molar-refractivity contribution in [3.05, 3.63) is 59.9 Å². The molecule has 1 atom stereocenters. The van der Waals surface area contributed by atoms with Gasteiger partial charge in [0.1, 0.15) is 6.10 Å². The minimum absolute atomic E-state index is 0.259. The van der Waals surface area contributed by atoms with Crippen LogP contribution in [0.25, 0.3) is 10.8 Å². The van der Waals surface area contributed by atoms with Gasteiger partial charge in [-0.3, -0.25) is 0 Å². The standard InChI is InChI=1S/C21H23N3O3S/c1-15-12-16(2)23-21(22-15)27-19-8-5-11-24(14-19)28(25,26)20-10-9-17-6-3-4-7-18(17)13-20/h3-4,6-7,9-10,12-13,19H,5,8,11,14H2,1-2H3. The van der Waals surface area contributed by atoms with Gasteiger partial charge in [-0.1, -0.05) is 30.3 Å². The molecule has 6 nitrogen and oxygen atoms in total. The smallest absolute Gasteiger partial charge is 0.317 e. The number of aromatic nitrogens is 2. The number of rotatable bonds is 4. The molecule has 146 valence electrons. The molecule has 0 radical (unpaired) electrons. The van der Waals surface area contributed by atoms with E-state index in [0.29, 0.717) is 24.0 Å². The van der Waals surface area contributed by atoms with E-state index in [1.165, 1.54) is 4.31 Å². The van der Waals surface area contributed by atoms with Crippen LogP contribution in [0, 0.1) is 13.8 Å². The topological polar surface area (TPSA) is 72.4 Å². The third-order valence-electron chi connectivity index (χ3n) is 4.93. The highest BCUT2D eigenvalue weighted by Crippen LogP contribution is 2.25. The molecule has 1 saturated heterocycles. The van der Waals surface area contributed by atoms with Crippen molar-refractivity contribution in [2.45, 2.75) is 37.7 Å². The van der Waals surface area contributed by atoms with Gasteiger partial charge in [-0.15, -0.1) is 0 Å². The quantitative estimate of drug-likeness (QED) is 0.674. The van der Waals surface area contributed by atoms with Gasteiger partial charge >= 0.3 is 6.01 Å². The Kier molecular flexibility index (Phi) is 5.03. The van der Waals surface area contributed by atoms with Crippen molar-refractivity contribution in [1.29, 1.82) is 0 Å². The Labute approximate surface area is 165 Å². The van der Waals surface area contributed by atoms with Gasteiger partial charge in [0.25, 0.3) is 0 Å². The average molecular weight is 398 g/mol. The minimum Gasteiger partial charge on any atom is -0.459 e. The molecule has 0 aliphatic carbocycles. The second-order valence-electron chi connectivity index (χ2n) is 7.19. The second-order valence-corrected chi connectivity index (χ2v) is 9.13. The lowest BCUT2D eigenvalue weighted by atomic mass is 10.1. The van der Waals surface area contributed by atoms with E-state index < -0.39 is 10.0 Å². The Balaban J connectivity index is 1.55. The van der Waals surface area contributed by atoms with Crippen molar-refractivity contribution in [1.82, 2.24) is 14.3 Å².